The van der Waals surface area contributed by atoms with E-state index in [0.29, 0.717) is 6.04 Å². The van der Waals surface area contributed by atoms with Crippen molar-refractivity contribution in [1.29, 1.82) is 0 Å². The Bertz CT molecular complexity index is 524. The molecular weight excluding hydrogens is 262 g/mol. The second kappa shape index (κ2) is 7.98. The van der Waals surface area contributed by atoms with E-state index >= 15 is 0 Å². The summed E-state index contributed by atoms with van der Waals surface area (Å²) in [4.78, 5) is 4.42. The van der Waals surface area contributed by atoms with Gasteiger partial charge in [-0.2, -0.15) is 5.10 Å². The lowest BCUT2D eigenvalue weighted by Crippen LogP contribution is -2.18. The lowest BCUT2D eigenvalue weighted by molar-refractivity contribution is 0.424. The van der Waals surface area contributed by atoms with E-state index in [0.717, 1.165) is 50.4 Å². The summed E-state index contributed by atoms with van der Waals surface area (Å²) in [5.41, 5.74) is 1.09. The second-order valence-electron chi connectivity index (χ2n) is 5.41. The van der Waals surface area contributed by atoms with Gasteiger partial charge in [-0.3, -0.25) is 4.68 Å². The van der Waals surface area contributed by atoms with Crippen molar-refractivity contribution in [3.63, 3.8) is 0 Å². The third-order valence-electron chi connectivity index (χ3n) is 3.82. The molecule has 2 aromatic heterocycles. The van der Waals surface area contributed by atoms with Gasteiger partial charge in [0.05, 0.1) is 24.8 Å². The van der Waals surface area contributed by atoms with Crippen LogP contribution < -0.4 is 5.32 Å². The molecule has 0 amide bonds. The van der Waals surface area contributed by atoms with Crippen molar-refractivity contribution in [1.82, 2.24) is 24.6 Å². The van der Waals surface area contributed by atoms with Crippen LogP contribution in [0.2, 0.25) is 0 Å². The first-order valence-electron chi connectivity index (χ1n) is 8.03. The van der Waals surface area contributed by atoms with Crippen molar-refractivity contribution in [2.75, 3.05) is 6.54 Å². The molecule has 0 saturated carbocycles. The van der Waals surface area contributed by atoms with Gasteiger partial charge in [0.25, 0.3) is 0 Å². The van der Waals surface area contributed by atoms with Crippen LogP contribution in [-0.2, 0) is 13.1 Å². The molecule has 2 rings (SSSR count). The van der Waals surface area contributed by atoms with Gasteiger partial charge < -0.3 is 9.88 Å². The van der Waals surface area contributed by atoms with Gasteiger partial charge in [-0.25, -0.2) is 4.98 Å². The van der Waals surface area contributed by atoms with E-state index in [9.17, 15) is 0 Å². The number of nitrogens with one attached hydrogen (secondary N) is 1. The molecule has 0 aromatic carbocycles. The van der Waals surface area contributed by atoms with Crippen molar-refractivity contribution in [2.24, 2.45) is 0 Å². The van der Waals surface area contributed by atoms with Crippen LogP contribution in [0.15, 0.2) is 24.7 Å². The molecule has 0 atom stereocenters. The predicted molar refractivity (Wildman–Crippen MR) is 85.2 cm³/mol. The largest absolute Gasteiger partial charge is 0.328 e. The SMILES string of the molecule is CCCNCc1nccn1Cc1ccn(C(CC)CC)n1. The standard InChI is InChI=1S/C16H27N5/c1-4-8-17-12-16-18-9-11-20(16)13-14-7-10-21(19-14)15(5-2)6-3/h7,9-11,15,17H,4-6,8,12-13H2,1-3H3. The Kier molecular flexibility index (Phi) is 5.99. The van der Waals surface area contributed by atoms with Crippen LogP contribution in [0.1, 0.15) is 57.6 Å². The Morgan fingerprint density at radius 2 is 2.00 bits per heavy atom. The molecule has 2 heterocycles. The molecule has 0 bridgehead atoms. The van der Waals surface area contributed by atoms with Gasteiger partial charge in [0.2, 0.25) is 0 Å². The van der Waals surface area contributed by atoms with Gasteiger partial charge in [-0.15, -0.1) is 0 Å². The minimum Gasteiger partial charge on any atom is -0.328 e. The third kappa shape index (κ3) is 4.17. The molecule has 5 heteroatoms. The highest BCUT2D eigenvalue weighted by Crippen LogP contribution is 2.15. The molecule has 5 nitrogen and oxygen atoms in total. The van der Waals surface area contributed by atoms with Gasteiger partial charge in [0, 0.05) is 18.6 Å². The van der Waals surface area contributed by atoms with E-state index in [-0.39, 0.29) is 0 Å². The van der Waals surface area contributed by atoms with Gasteiger partial charge in [-0.05, 0) is 31.9 Å². The molecule has 1 N–H and O–H groups in total. The van der Waals surface area contributed by atoms with Crippen LogP contribution in [0, 0.1) is 0 Å². The number of nitrogens with zero attached hydrogens (tertiary/aromatic N) is 4. The van der Waals surface area contributed by atoms with Crippen molar-refractivity contribution in [2.45, 2.75) is 59.2 Å². The summed E-state index contributed by atoms with van der Waals surface area (Å²) in [6.45, 7) is 9.22. The summed E-state index contributed by atoms with van der Waals surface area (Å²) < 4.78 is 4.27. The highest BCUT2D eigenvalue weighted by atomic mass is 15.3. The number of hydrogen-bond donors (Lipinski definition) is 1. The summed E-state index contributed by atoms with van der Waals surface area (Å²) >= 11 is 0. The maximum absolute atomic E-state index is 4.71. The van der Waals surface area contributed by atoms with Crippen LogP contribution in [0.25, 0.3) is 0 Å². The lowest BCUT2D eigenvalue weighted by Gasteiger charge is -2.12. The van der Waals surface area contributed by atoms with E-state index in [4.69, 9.17) is 5.10 Å². The molecule has 0 aliphatic rings. The minimum absolute atomic E-state index is 0.507. The van der Waals surface area contributed by atoms with E-state index < -0.39 is 0 Å². The van der Waals surface area contributed by atoms with E-state index in [1.54, 1.807) is 0 Å². The molecule has 116 valence electrons. The van der Waals surface area contributed by atoms with E-state index in [1.807, 2.05) is 12.4 Å². The summed E-state index contributed by atoms with van der Waals surface area (Å²) in [6, 6.07) is 2.62. The van der Waals surface area contributed by atoms with Gasteiger partial charge in [0.15, 0.2) is 0 Å². The first kappa shape index (κ1) is 15.8. The van der Waals surface area contributed by atoms with E-state index in [2.05, 4.69) is 52.6 Å². The van der Waals surface area contributed by atoms with Crippen LogP contribution >= 0.6 is 0 Å². The fourth-order valence-corrected chi connectivity index (χ4v) is 2.53. The second-order valence-corrected chi connectivity index (χ2v) is 5.41. The number of imidazole rings is 1. The fraction of sp³-hybridized carbons (Fsp3) is 0.625. The number of rotatable bonds is 9. The maximum atomic E-state index is 4.71. The first-order chi connectivity index (χ1) is 10.3. The summed E-state index contributed by atoms with van der Waals surface area (Å²) in [5.74, 6) is 1.07. The van der Waals surface area contributed by atoms with Gasteiger partial charge in [0.1, 0.15) is 5.82 Å². The summed E-state index contributed by atoms with van der Waals surface area (Å²) in [6.07, 6.45) is 9.36. The molecule has 0 radical (unpaired) electrons. The number of hydrogen-bond acceptors (Lipinski definition) is 3. The van der Waals surface area contributed by atoms with Crippen LogP contribution in [0.5, 0.6) is 0 Å². The summed E-state index contributed by atoms with van der Waals surface area (Å²) in [5, 5.41) is 8.11. The Morgan fingerprint density at radius 3 is 2.71 bits per heavy atom. The minimum atomic E-state index is 0.507. The Balaban J connectivity index is 2.00. The third-order valence-corrected chi connectivity index (χ3v) is 3.82. The Morgan fingerprint density at radius 1 is 1.19 bits per heavy atom. The van der Waals surface area contributed by atoms with Crippen molar-refractivity contribution >= 4 is 0 Å². The fourth-order valence-electron chi connectivity index (χ4n) is 2.53. The van der Waals surface area contributed by atoms with Crippen LogP contribution in [0.3, 0.4) is 0 Å². The maximum Gasteiger partial charge on any atom is 0.123 e. The van der Waals surface area contributed by atoms with Crippen LogP contribution in [-0.4, -0.2) is 25.9 Å². The molecule has 0 saturated heterocycles. The Hall–Kier alpha value is -1.62. The smallest absolute Gasteiger partial charge is 0.123 e. The van der Waals surface area contributed by atoms with Crippen molar-refractivity contribution in [3.8, 4) is 0 Å². The highest BCUT2D eigenvalue weighted by molar-refractivity contribution is 5.04. The topological polar surface area (TPSA) is 47.7 Å². The molecule has 0 fully saturated rings. The van der Waals surface area contributed by atoms with Gasteiger partial charge in [-0.1, -0.05) is 20.8 Å². The van der Waals surface area contributed by atoms with Crippen LogP contribution in [0.4, 0.5) is 0 Å². The summed E-state index contributed by atoms with van der Waals surface area (Å²) in [7, 11) is 0. The lowest BCUT2D eigenvalue weighted by atomic mass is 10.2. The predicted octanol–water partition coefficient (Wildman–Crippen LogP) is 2.99. The molecular formula is C16H27N5. The quantitative estimate of drug-likeness (QED) is 0.722. The average molecular weight is 289 g/mol. The highest BCUT2D eigenvalue weighted by Gasteiger charge is 2.09. The average Bonchev–Trinajstić information content (AvgIpc) is 3.12. The zero-order valence-corrected chi connectivity index (χ0v) is 13.4. The molecule has 0 spiro atoms. The molecule has 0 aliphatic heterocycles. The molecule has 21 heavy (non-hydrogen) atoms. The molecule has 0 aliphatic carbocycles. The van der Waals surface area contributed by atoms with Gasteiger partial charge >= 0.3 is 0 Å². The normalized spacial score (nSPS) is 11.4. The monoisotopic (exact) mass is 289 g/mol. The van der Waals surface area contributed by atoms with Crippen molar-refractivity contribution in [3.05, 3.63) is 36.2 Å². The zero-order chi connectivity index (χ0) is 15.1. The van der Waals surface area contributed by atoms with E-state index in [1.165, 1.54) is 0 Å². The molecule has 2 aromatic rings. The Labute approximate surface area is 127 Å². The molecule has 0 unspecified atom stereocenters. The number of aromatic nitrogens is 4. The van der Waals surface area contributed by atoms with Crippen molar-refractivity contribution < 1.29 is 0 Å². The zero-order valence-electron chi connectivity index (χ0n) is 13.4. The first-order valence-corrected chi connectivity index (χ1v) is 8.03.